The van der Waals surface area contributed by atoms with Gasteiger partial charge in [-0.3, -0.25) is 4.90 Å². The first-order valence-corrected chi connectivity index (χ1v) is 10.6. The van der Waals surface area contributed by atoms with Crippen LogP contribution in [-0.2, 0) is 6.54 Å². The van der Waals surface area contributed by atoms with Gasteiger partial charge < -0.3 is 9.47 Å². The molecule has 4 rings (SSSR count). The molecule has 0 aliphatic carbocycles. The van der Waals surface area contributed by atoms with Crippen molar-refractivity contribution >= 4 is 5.57 Å². The van der Waals surface area contributed by atoms with Crippen molar-refractivity contribution in [2.45, 2.75) is 26.0 Å². The summed E-state index contributed by atoms with van der Waals surface area (Å²) in [7, 11) is 2.09. The number of hydrogen-bond acceptors (Lipinski definition) is 3. The van der Waals surface area contributed by atoms with Crippen LogP contribution < -0.4 is 9.47 Å². The Hall–Kier alpha value is -3.11. The molecule has 0 fully saturated rings. The highest BCUT2D eigenvalue weighted by Gasteiger charge is 2.27. The molecule has 0 saturated carbocycles. The molecular formula is C27H28FNO2. The van der Waals surface area contributed by atoms with Crippen LogP contribution >= 0.6 is 0 Å². The second-order valence-electron chi connectivity index (χ2n) is 8.50. The van der Waals surface area contributed by atoms with Crippen molar-refractivity contribution < 1.29 is 13.9 Å². The van der Waals surface area contributed by atoms with Crippen LogP contribution in [0, 0.1) is 5.82 Å². The molecule has 4 heteroatoms. The number of fused-ring (bicyclic) bond motifs is 1. The summed E-state index contributed by atoms with van der Waals surface area (Å²) < 4.78 is 25.6. The molecule has 1 heterocycles. The van der Waals surface area contributed by atoms with Gasteiger partial charge in [-0.05, 0) is 67.9 Å². The van der Waals surface area contributed by atoms with Gasteiger partial charge in [-0.1, -0.05) is 42.5 Å². The quantitative estimate of drug-likeness (QED) is 0.475. The largest absolute Gasteiger partial charge is 0.492 e. The summed E-state index contributed by atoms with van der Waals surface area (Å²) in [4.78, 5) is 2.24. The molecule has 0 radical (unpaired) electrons. The second-order valence-corrected chi connectivity index (χ2v) is 8.50. The molecule has 0 amide bonds. The predicted octanol–water partition coefficient (Wildman–Crippen LogP) is 5.94. The minimum absolute atomic E-state index is 0.239. The highest BCUT2D eigenvalue weighted by atomic mass is 19.1. The lowest BCUT2D eigenvalue weighted by Crippen LogP contribution is -2.29. The third-order valence-electron chi connectivity index (χ3n) is 5.30. The van der Waals surface area contributed by atoms with E-state index in [1.54, 1.807) is 12.1 Å². The summed E-state index contributed by atoms with van der Waals surface area (Å²) >= 11 is 0. The van der Waals surface area contributed by atoms with Crippen molar-refractivity contribution in [1.29, 1.82) is 0 Å². The Bertz CT molecular complexity index is 1060. The average molecular weight is 418 g/mol. The minimum Gasteiger partial charge on any atom is -0.492 e. The third-order valence-corrected chi connectivity index (χ3v) is 5.30. The van der Waals surface area contributed by atoms with E-state index in [4.69, 9.17) is 9.47 Å². The Morgan fingerprint density at radius 3 is 2.45 bits per heavy atom. The van der Waals surface area contributed by atoms with Crippen molar-refractivity contribution in [1.82, 2.24) is 4.90 Å². The number of halogens is 1. The highest BCUT2D eigenvalue weighted by molar-refractivity contribution is 5.85. The molecule has 0 N–H and O–H groups in total. The van der Waals surface area contributed by atoms with E-state index in [-0.39, 0.29) is 5.82 Å². The SMILES string of the molecule is CN(CCOc1ccc2c(c1)OC(C)(C)C=C2c1ccc(F)cc1)Cc1ccccc1. The van der Waals surface area contributed by atoms with Gasteiger partial charge in [0.2, 0.25) is 0 Å². The molecule has 0 atom stereocenters. The van der Waals surface area contributed by atoms with Crippen LogP contribution in [0.3, 0.4) is 0 Å². The lowest BCUT2D eigenvalue weighted by atomic mass is 9.90. The molecule has 0 saturated heterocycles. The molecule has 0 bridgehead atoms. The molecule has 0 aromatic heterocycles. The summed E-state index contributed by atoms with van der Waals surface area (Å²) in [6.45, 7) is 6.33. The van der Waals surface area contributed by atoms with Gasteiger partial charge in [-0.15, -0.1) is 0 Å². The summed E-state index contributed by atoms with van der Waals surface area (Å²) in [6, 6.07) is 22.9. The number of benzene rings is 3. The fraction of sp³-hybridized carbons (Fsp3) is 0.259. The molecule has 0 spiro atoms. The second kappa shape index (κ2) is 8.94. The van der Waals surface area contributed by atoms with Gasteiger partial charge in [0, 0.05) is 24.7 Å². The highest BCUT2D eigenvalue weighted by Crippen LogP contribution is 2.41. The van der Waals surface area contributed by atoms with E-state index in [2.05, 4.69) is 42.3 Å². The fourth-order valence-electron chi connectivity index (χ4n) is 3.80. The number of nitrogens with zero attached hydrogens (tertiary/aromatic N) is 1. The molecule has 0 unspecified atom stereocenters. The number of rotatable bonds is 7. The Kier molecular flexibility index (Phi) is 6.10. The van der Waals surface area contributed by atoms with Crippen molar-refractivity contribution in [3.63, 3.8) is 0 Å². The van der Waals surface area contributed by atoms with Crippen LogP contribution in [0.25, 0.3) is 5.57 Å². The lowest BCUT2D eigenvalue weighted by molar-refractivity contribution is 0.157. The fourth-order valence-corrected chi connectivity index (χ4v) is 3.80. The Morgan fingerprint density at radius 2 is 1.71 bits per heavy atom. The van der Waals surface area contributed by atoms with Crippen LogP contribution in [0.4, 0.5) is 4.39 Å². The maximum absolute atomic E-state index is 13.4. The predicted molar refractivity (Wildman–Crippen MR) is 123 cm³/mol. The first-order chi connectivity index (χ1) is 14.9. The summed E-state index contributed by atoms with van der Waals surface area (Å²) in [5, 5.41) is 0. The molecule has 31 heavy (non-hydrogen) atoms. The van der Waals surface area contributed by atoms with E-state index < -0.39 is 5.60 Å². The van der Waals surface area contributed by atoms with Crippen molar-refractivity contribution in [3.8, 4) is 11.5 Å². The zero-order valence-electron chi connectivity index (χ0n) is 18.3. The van der Waals surface area contributed by atoms with Crippen LogP contribution in [0.2, 0.25) is 0 Å². The topological polar surface area (TPSA) is 21.7 Å². The van der Waals surface area contributed by atoms with Gasteiger partial charge in [0.15, 0.2) is 0 Å². The van der Waals surface area contributed by atoms with E-state index in [1.165, 1.54) is 17.7 Å². The molecule has 3 aromatic carbocycles. The van der Waals surface area contributed by atoms with Gasteiger partial charge in [-0.2, -0.15) is 0 Å². The standard InChI is InChI=1S/C27H28FNO2/c1-27(2)18-25(21-9-11-22(28)12-10-21)24-14-13-23(17-26(24)31-27)30-16-15-29(3)19-20-7-5-4-6-8-20/h4-14,17-18H,15-16,19H2,1-3H3. The maximum atomic E-state index is 13.4. The maximum Gasteiger partial charge on any atom is 0.132 e. The van der Waals surface area contributed by atoms with Gasteiger partial charge in [0.1, 0.15) is 29.5 Å². The van der Waals surface area contributed by atoms with Crippen LogP contribution in [0.5, 0.6) is 11.5 Å². The number of hydrogen-bond donors (Lipinski definition) is 0. The molecule has 160 valence electrons. The number of likely N-dealkylation sites (N-methyl/N-ethyl adjacent to an activating group) is 1. The smallest absolute Gasteiger partial charge is 0.132 e. The Balaban J connectivity index is 1.44. The van der Waals surface area contributed by atoms with Crippen LogP contribution in [0.15, 0.2) is 78.9 Å². The molecule has 3 nitrogen and oxygen atoms in total. The van der Waals surface area contributed by atoms with Gasteiger partial charge in [-0.25, -0.2) is 4.39 Å². The van der Waals surface area contributed by atoms with E-state index in [1.807, 2.05) is 38.1 Å². The minimum atomic E-state index is -0.467. The van der Waals surface area contributed by atoms with E-state index in [0.717, 1.165) is 41.3 Å². The average Bonchev–Trinajstić information content (AvgIpc) is 2.73. The van der Waals surface area contributed by atoms with E-state index >= 15 is 0 Å². The zero-order valence-corrected chi connectivity index (χ0v) is 18.3. The molecule has 3 aromatic rings. The summed E-state index contributed by atoms with van der Waals surface area (Å²) in [5.74, 6) is 1.32. The summed E-state index contributed by atoms with van der Waals surface area (Å²) in [5.41, 5.74) is 3.82. The zero-order chi connectivity index (χ0) is 21.8. The van der Waals surface area contributed by atoms with E-state index in [9.17, 15) is 4.39 Å². The normalized spacial score (nSPS) is 14.5. The molecule has 1 aliphatic rings. The van der Waals surface area contributed by atoms with Gasteiger partial charge >= 0.3 is 0 Å². The number of ether oxygens (including phenoxy) is 2. The lowest BCUT2D eigenvalue weighted by Gasteiger charge is -2.31. The third kappa shape index (κ3) is 5.33. The summed E-state index contributed by atoms with van der Waals surface area (Å²) in [6.07, 6.45) is 2.08. The first kappa shape index (κ1) is 21.1. The van der Waals surface area contributed by atoms with Crippen LogP contribution in [0.1, 0.15) is 30.5 Å². The first-order valence-electron chi connectivity index (χ1n) is 10.6. The van der Waals surface area contributed by atoms with Gasteiger partial charge in [0.25, 0.3) is 0 Å². The Morgan fingerprint density at radius 1 is 0.968 bits per heavy atom. The van der Waals surface area contributed by atoms with Gasteiger partial charge in [0.05, 0.1) is 0 Å². The van der Waals surface area contributed by atoms with Crippen molar-refractivity contribution in [2.75, 3.05) is 20.2 Å². The molecular weight excluding hydrogens is 389 g/mol. The van der Waals surface area contributed by atoms with Crippen molar-refractivity contribution in [3.05, 3.63) is 101 Å². The monoisotopic (exact) mass is 417 g/mol. The van der Waals surface area contributed by atoms with E-state index in [0.29, 0.717) is 6.61 Å². The van der Waals surface area contributed by atoms with Crippen LogP contribution in [-0.4, -0.2) is 30.7 Å². The van der Waals surface area contributed by atoms with Crippen molar-refractivity contribution in [2.24, 2.45) is 0 Å². The molecule has 1 aliphatic heterocycles. The Labute approximate surface area is 183 Å².